The number of hydrogen-bond acceptors (Lipinski definition) is 5. The van der Waals surface area contributed by atoms with Crippen LogP contribution in [0.5, 0.6) is 0 Å². The van der Waals surface area contributed by atoms with Crippen LogP contribution in [0.15, 0.2) is 47.5 Å². The molecule has 0 saturated carbocycles. The Labute approximate surface area is 168 Å². The largest absolute Gasteiger partial charge is 0.357 e. The monoisotopic (exact) mass is 422 g/mol. The van der Waals surface area contributed by atoms with Crippen LogP contribution in [-0.4, -0.2) is 32.1 Å². The van der Waals surface area contributed by atoms with Crippen molar-refractivity contribution >= 4 is 21.5 Å². The maximum atomic E-state index is 13.6. The van der Waals surface area contributed by atoms with Gasteiger partial charge in [-0.25, -0.2) is 17.8 Å². The number of nitro groups is 1. The summed E-state index contributed by atoms with van der Waals surface area (Å²) >= 11 is 0. The summed E-state index contributed by atoms with van der Waals surface area (Å²) in [7, 11) is -3.26. The molecule has 2 aromatic carbocycles. The Hall–Kier alpha value is -3.01. The third-order valence-electron chi connectivity index (χ3n) is 3.94. The first-order valence-corrected chi connectivity index (χ1v) is 10.9. The van der Waals surface area contributed by atoms with Crippen LogP contribution < -0.4 is 10.6 Å². The number of rotatable bonds is 8. The highest BCUT2D eigenvalue weighted by Gasteiger charge is 2.11. The van der Waals surface area contributed by atoms with Gasteiger partial charge in [0.2, 0.25) is 0 Å². The molecule has 2 rings (SSSR count). The third-order valence-corrected chi connectivity index (χ3v) is 4.78. The molecule has 0 atom stereocenters. The van der Waals surface area contributed by atoms with Gasteiger partial charge in [0, 0.05) is 31.5 Å². The predicted molar refractivity (Wildman–Crippen MR) is 110 cm³/mol. The Bertz CT molecular complexity index is 992. The highest BCUT2D eigenvalue weighted by atomic mass is 32.2. The molecule has 0 radical (unpaired) electrons. The number of nitro benzene ring substituents is 1. The Morgan fingerprint density at radius 3 is 2.41 bits per heavy atom. The fourth-order valence-electron chi connectivity index (χ4n) is 2.60. The van der Waals surface area contributed by atoms with E-state index in [1.165, 1.54) is 30.3 Å². The molecule has 2 aromatic rings. The molecular formula is C19H23FN4O4S. The van der Waals surface area contributed by atoms with Crippen LogP contribution in [0.25, 0.3) is 0 Å². The molecule has 8 nitrogen and oxygen atoms in total. The van der Waals surface area contributed by atoms with Gasteiger partial charge in [-0.3, -0.25) is 10.1 Å². The zero-order valence-corrected chi connectivity index (χ0v) is 17.0. The quantitative estimate of drug-likeness (QED) is 0.292. The van der Waals surface area contributed by atoms with Gasteiger partial charge in [-0.2, -0.15) is 0 Å². The lowest BCUT2D eigenvalue weighted by Gasteiger charge is -2.14. The molecule has 2 N–H and O–H groups in total. The average Bonchev–Trinajstić information content (AvgIpc) is 2.65. The summed E-state index contributed by atoms with van der Waals surface area (Å²) in [6, 6.07) is 10.1. The van der Waals surface area contributed by atoms with Crippen LogP contribution in [0.3, 0.4) is 0 Å². The second-order valence-corrected chi connectivity index (χ2v) is 8.60. The molecule has 29 heavy (non-hydrogen) atoms. The molecule has 0 aliphatic carbocycles. The Morgan fingerprint density at radius 1 is 1.14 bits per heavy atom. The molecule has 10 heteroatoms. The summed E-state index contributed by atoms with van der Waals surface area (Å²) in [5.74, 6) is -0.173. The minimum Gasteiger partial charge on any atom is -0.357 e. The van der Waals surface area contributed by atoms with Gasteiger partial charge in [0.1, 0.15) is 5.82 Å². The highest BCUT2D eigenvalue weighted by Crippen LogP contribution is 2.15. The number of non-ortho nitro benzene ring substituents is 1. The Balaban J connectivity index is 2.11. The molecule has 156 valence electrons. The Kier molecular flexibility index (Phi) is 7.66. The van der Waals surface area contributed by atoms with Crippen molar-refractivity contribution in [3.8, 4) is 0 Å². The lowest BCUT2D eigenvalue weighted by atomic mass is 10.1. The molecule has 0 heterocycles. The van der Waals surface area contributed by atoms with E-state index in [-0.39, 0.29) is 24.5 Å². The van der Waals surface area contributed by atoms with E-state index < -0.39 is 20.6 Å². The zero-order valence-electron chi connectivity index (χ0n) is 16.2. The number of nitrogens with one attached hydrogen (secondary N) is 2. The van der Waals surface area contributed by atoms with Crippen LogP contribution in [0.2, 0.25) is 0 Å². The van der Waals surface area contributed by atoms with Crippen LogP contribution in [0, 0.1) is 15.9 Å². The van der Waals surface area contributed by atoms with Gasteiger partial charge in [0.15, 0.2) is 15.8 Å². The smallest absolute Gasteiger partial charge is 0.269 e. The molecule has 0 aromatic heterocycles. The zero-order chi connectivity index (χ0) is 21.4. The molecule has 0 aliphatic rings. The van der Waals surface area contributed by atoms with Gasteiger partial charge >= 0.3 is 0 Å². The first-order valence-electron chi connectivity index (χ1n) is 8.88. The van der Waals surface area contributed by atoms with Crippen LogP contribution in [-0.2, 0) is 28.7 Å². The van der Waals surface area contributed by atoms with Gasteiger partial charge < -0.3 is 10.6 Å². The van der Waals surface area contributed by atoms with Crippen molar-refractivity contribution in [1.82, 2.24) is 10.6 Å². The molecule has 0 amide bonds. The van der Waals surface area contributed by atoms with Crippen LogP contribution >= 0.6 is 0 Å². The van der Waals surface area contributed by atoms with Crippen LogP contribution in [0.1, 0.15) is 23.6 Å². The molecule has 0 unspecified atom stereocenters. The third kappa shape index (κ3) is 7.49. The lowest BCUT2D eigenvalue weighted by Crippen LogP contribution is -2.37. The van der Waals surface area contributed by atoms with Crippen molar-refractivity contribution in [2.75, 3.05) is 12.8 Å². The van der Waals surface area contributed by atoms with Crippen molar-refractivity contribution < 1.29 is 17.7 Å². The van der Waals surface area contributed by atoms with Crippen LogP contribution in [0.4, 0.5) is 10.1 Å². The fraction of sp³-hybridized carbons (Fsp3) is 0.316. The molecule has 0 fully saturated rings. The molecule has 0 saturated heterocycles. The molecular weight excluding hydrogens is 399 g/mol. The first kappa shape index (κ1) is 22.3. The predicted octanol–water partition coefficient (Wildman–Crippen LogP) is 2.53. The lowest BCUT2D eigenvalue weighted by molar-refractivity contribution is -0.384. The summed E-state index contributed by atoms with van der Waals surface area (Å²) in [6.07, 6.45) is 1.13. The SMILES string of the molecule is CCNC(=NCc1ccc([N+](=O)[O-])cc1)NCc1cc(F)ccc1CS(C)(=O)=O. The van der Waals surface area contributed by atoms with Gasteiger partial charge in [0.05, 0.1) is 17.2 Å². The summed E-state index contributed by atoms with van der Waals surface area (Å²) in [6.45, 7) is 2.95. The van der Waals surface area contributed by atoms with E-state index in [4.69, 9.17) is 0 Å². The number of benzene rings is 2. The highest BCUT2D eigenvalue weighted by molar-refractivity contribution is 7.89. The van der Waals surface area contributed by atoms with E-state index in [9.17, 15) is 22.9 Å². The molecule has 0 spiro atoms. The number of sulfone groups is 1. The minimum atomic E-state index is -3.26. The topological polar surface area (TPSA) is 114 Å². The Morgan fingerprint density at radius 2 is 1.83 bits per heavy atom. The summed E-state index contributed by atoms with van der Waals surface area (Å²) in [4.78, 5) is 14.7. The first-order chi connectivity index (χ1) is 13.7. The summed E-state index contributed by atoms with van der Waals surface area (Å²) in [5.41, 5.74) is 1.84. The van der Waals surface area contributed by atoms with Gasteiger partial charge in [-0.1, -0.05) is 18.2 Å². The second-order valence-electron chi connectivity index (χ2n) is 6.46. The van der Waals surface area contributed by atoms with Crippen molar-refractivity contribution in [1.29, 1.82) is 0 Å². The van der Waals surface area contributed by atoms with E-state index in [0.29, 0.717) is 23.6 Å². The number of aliphatic imine (C=N–C) groups is 1. The number of nitrogens with zero attached hydrogens (tertiary/aromatic N) is 2. The number of hydrogen-bond donors (Lipinski definition) is 2. The molecule has 0 bridgehead atoms. The molecule has 0 aliphatic heterocycles. The van der Waals surface area contributed by atoms with E-state index in [0.717, 1.165) is 11.8 Å². The minimum absolute atomic E-state index is 0.00673. The van der Waals surface area contributed by atoms with Gasteiger partial charge in [0.25, 0.3) is 5.69 Å². The number of halogens is 1. The standard InChI is InChI=1S/C19H23FN4O4S/c1-3-21-19(22-11-14-4-8-18(9-5-14)24(25)26)23-12-16-10-17(20)7-6-15(16)13-29(2,27)28/h4-10H,3,11-13H2,1-2H3,(H2,21,22,23). The fourth-order valence-corrected chi connectivity index (χ4v) is 3.44. The van der Waals surface area contributed by atoms with Crippen molar-refractivity contribution in [3.63, 3.8) is 0 Å². The van der Waals surface area contributed by atoms with E-state index in [2.05, 4.69) is 15.6 Å². The van der Waals surface area contributed by atoms with E-state index in [1.807, 2.05) is 6.92 Å². The van der Waals surface area contributed by atoms with Gasteiger partial charge in [-0.05, 0) is 35.7 Å². The van der Waals surface area contributed by atoms with E-state index >= 15 is 0 Å². The van der Waals surface area contributed by atoms with Crippen molar-refractivity contribution in [2.24, 2.45) is 4.99 Å². The average molecular weight is 422 g/mol. The maximum absolute atomic E-state index is 13.6. The van der Waals surface area contributed by atoms with Gasteiger partial charge in [-0.15, -0.1) is 0 Å². The van der Waals surface area contributed by atoms with Crippen molar-refractivity contribution in [3.05, 3.63) is 75.1 Å². The second kappa shape index (κ2) is 9.97. The van der Waals surface area contributed by atoms with Crippen molar-refractivity contribution in [2.45, 2.75) is 25.8 Å². The summed E-state index contributed by atoms with van der Waals surface area (Å²) in [5, 5.41) is 16.8. The normalized spacial score (nSPS) is 11.9. The number of guanidine groups is 1. The maximum Gasteiger partial charge on any atom is 0.269 e. The van der Waals surface area contributed by atoms with E-state index in [1.54, 1.807) is 12.1 Å². The summed E-state index contributed by atoms with van der Waals surface area (Å²) < 4.78 is 36.9.